The molecule has 1 N–H and O–H groups in total. The third kappa shape index (κ3) is 3.91. The third-order valence-electron chi connectivity index (χ3n) is 4.89. The van der Waals surface area contributed by atoms with Gasteiger partial charge in [-0.1, -0.05) is 6.07 Å². The van der Waals surface area contributed by atoms with Gasteiger partial charge in [0.1, 0.15) is 4.21 Å². The highest BCUT2D eigenvalue weighted by molar-refractivity contribution is 9.10. The van der Waals surface area contributed by atoms with Gasteiger partial charge in [-0.2, -0.15) is 4.31 Å². The molecule has 1 aromatic heterocycles. The fourth-order valence-corrected chi connectivity index (χ4v) is 7.24. The quantitative estimate of drug-likeness (QED) is 0.701. The average Bonchev–Trinajstić information content (AvgIpc) is 3.34. The van der Waals surface area contributed by atoms with Gasteiger partial charge in [0.05, 0.1) is 0 Å². The highest BCUT2D eigenvalue weighted by Crippen LogP contribution is 2.33. The first-order chi connectivity index (χ1) is 13.4. The van der Waals surface area contributed by atoms with Crippen molar-refractivity contribution in [2.24, 2.45) is 5.92 Å². The van der Waals surface area contributed by atoms with Gasteiger partial charge in [-0.3, -0.25) is 4.79 Å². The van der Waals surface area contributed by atoms with Gasteiger partial charge in [-0.25, -0.2) is 8.42 Å². The minimum absolute atomic E-state index is 0.0491. The molecule has 0 bridgehead atoms. The van der Waals surface area contributed by atoms with Crippen molar-refractivity contribution in [3.8, 4) is 11.5 Å². The van der Waals surface area contributed by atoms with Crippen molar-refractivity contribution in [3.63, 3.8) is 0 Å². The van der Waals surface area contributed by atoms with Crippen LogP contribution in [0.4, 0.5) is 0 Å². The first-order valence-electron chi connectivity index (χ1n) is 8.84. The highest BCUT2D eigenvalue weighted by Gasteiger charge is 2.33. The topological polar surface area (TPSA) is 84.9 Å². The van der Waals surface area contributed by atoms with Gasteiger partial charge in [0.25, 0.3) is 10.0 Å². The second-order valence-corrected chi connectivity index (χ2v) is 10.5. The molecule has 0 aliphatic carbocycles. The molecule has 0 radical (unpaired) electrons. The SMILES string of the molecule is O=C(NCc1ccc2c(c1)OCO2)C1CCN(S(=O)(=O)c2sccc2Br)CC1. The second kappa shape index (κ2) is 8.02. The Morgan fingerprint density at radius 2 is 1.96 bits per heavy atom. The summed E-state index contributed by atoms with van der Waals surface area (Å²) >= 11 is 4.49. The van der Waals surface area contributed by atoms with Crippen LogP contribution in [0.15, 0.2) is 38.3 Å². The van der Waals surface area contributed by atoms with Crippen molar-refractivity contribution in [3.05, 3.63) is 39.7 Å². The molecule has 4 rings (SSSR count). The lowest BCUT2D eigenvalue weighted by molar-refractivity contribution is -0.126. The molecule has 1 aromatic carbocycles. The average molecular weight is 487 g/mol. The molecule has 1 saturated heterocycles. The number of piperidine rings is 1. The maximum Gasteiger partial charge on any atom is 0.253 e. The number of halogens is 1. The number of fused-ring (bicyclic) bond motifs is 1. The fraction of sp³-hybridized carbons (Fsp3) is 0.389. The van der Waals surface area contributed by atoms with Gasteiger partial charge in [-0.15, -0.1) is 11.3 Å². The number of benzene rings is 1. The number of hydrogen-bond donors (Lipinski definition) is 1. The van der Waals surface area contributed by atoms with E-state index in [0.29, 0.717) is 52.7 Å². The zero-order chi connectivity index (χ0) is 19.7. The number of rotatable bonds is 5. The lowest BCUT2D eigenvalue weighted by atomic mass is 9.97. The molecule has 150 valence electrons. The van der Waals surface area contributed by atoms with Crippen LogP contribution in [0.3, 0.4) is 0 Å². The number of thiophene rings is 1. The van der Waals surface area contributed by atoms with Crippen molar-refractivity contribution in [1.29, 1.82) is 0 Å². The predicted octanol–water partition coefficient (Wildman–Crippen LogP) is 2.96. The molecule has 1 amide bonds. The molecular weight excluding hydrogens is 468 g/mol. The zero-order valence-corrected chi connectivity index (χ0v) is 18.1. The van der Waals surface area contributed by atoms with Gasteiger partial charge in [0.15, 0.2) is 11.5 Å². The van der Waals surface area contributed by atoms with Crippen molar-refractivity contribution in [2.45, 2.75) is 23.6 Å². The minimum Gasteiger partial charge on any atom is -0.454 e. The molecule has 7 nitrogen and oxygen atoms in total. The Morgan fingerprint density at radius 1 is 1.21 bits per heavy atom. The maximum atomic E-state index is 12.7. The molecule has 10 heteroatoms. The van der Waals surface area contributed by atoms with Gasteiger partial charge in [0, 0.05) is 30.0 Å². The summed E-state index contributed by atoms with van der Waals surface area (Å²) in [5.74, 6) is 1.16. The van der Waals surface area contributed by atoms with E-state index in [-0.39, 0.29) is 18.6 Å². The van der Waals surface area contributed by atoms with Crippen LogP contribution in [0.2, 0.25) is 0 Å². The van der Waals surface area contributed by atoms with E-state index in [1.54, 1.807) is 11.4 Å². The second-order valence-electron chi connectivity index (χ2n) is 6.64. The smallest absolute Gasteiger partial charge is 0.253 e. The normalized spacial score (nSPS) is 17.6. The van der Waals surface area contributed by atoms with E-state index in [1.807, 2.05) is 18.2 Å². The van der Waals surface area contributed by atoms with Crippen molar-refractivity contribution in [2.75, 3.05) is 19.9 Å². The van der Waals surface area contributed by atoms with E-state index >= 15 is 0 Å². The Hall–Kier alpha value is -1.62. The minimum atomic E-state index is -3.51. The van der Waals surface area contributed by atoms with Crippen molar-refractivity contribution in [1.82, 2.24) is 9.62 Å². The van der Waals surface area contributed by atoms with Gasteiger partial charge >= 0.3 is 0 Å². The summed E-state index contributed by atoms with van der Waals surface area (Å²) < 4.78 is 38.5. The van der Waals surface area contributed by atoms with Crippen LogP contribution in [0.25, 0.3) is 0 Å². The van der Waals surface area contributed by atoms with Crippen LogP contribution in [0.5, 0.6) is 11.5 Å². The summed E-state index contributed by atoms with van der Waals surface area (Å²) in [6.07, 6.45) is 1.02. The monoisotopic (exact) mass is 486 g/mol. The molecule has 1 fully saturated rings. The largest absolute Gasteiger partial charge is 0.454 e. The molecule has 2 aromatic rings. The van der Waals surface area contributed by atoms with Crippen LogP contribution < -0.4 is 14.8 Å². The molecule has 28 heavy (non-hydrogen) atoms. The summed E-state index contributed by atoms with van der Waals surface area (Å²) in [4.78, 5) is 12.5. The summed E-state index contributed by atoms with van der Waals surface area (Å²) in [5, 5.41) is 4.68. The van der Waals surface area contributed by atoms with Crippen LogP contribution in [-0.4, -0.2) is 38.5 Å². The van der Waals surface area contributed by atoms with Crippen LogP contribution in [0, 0.1) is 5.92 Å². The number of hydrogen-bond acceptors (Lipinski definition) is 6. The number of nitrogens with one attached hydrogen (secondary N) is 1. The van der Waals surface area contributed by atoms with E-state index in [9.17, 15) is 13.2 Å². The summed E-state index contributed by atoms with van der Waals surface area (Å²) in [7, 11) is -3.51. The Bertz CT molecular complexity index is 984. The van der Waals surface area contributed by atoms with E-state index in [2.05, 4.69) is 21.2 Å². The summed E-state index contributed by atoms with van der Waals surface area (Å²) in [5.41, 5.74) is 0.931. The number of nitrogens with zero attached hydrogens (tertiary/aromatic N) is 1. The van der Waals surface area contributed by atoms with Crippen LogP contribution >= 0.6 is 27.3 Å². The molecule has 2 aliphatic heterocycles. The number of sulfonamides is 1. The molecule has 0 unspecified atom stereocenters. The van der Waals surface area contributed by atoms with E-state index in [0.717, 1.165) is 5.56 Å². The zero-order valence-electron chi connectivity index (χ0n) is 14.9. The van der Waals surface area contributed by atoms with E-state index in [4.69, 9.17) is 9.47 Å². The number of carbonyl (C=O) groups excluding carboxylic acids is 1. The molecule has 0 spiro atoms. The number of amides is 1. The Morgan fingerprint density at radius 3 is 2.68 bits per heavy atom. The first kappa shape index (κ1) is 19.7. The molecule has 0 saturated carbocycles. The molecule has 0 atom stereocenters. The highest BCUT2D eigenvalue weighted by atomic mass is 79.9. The predicted molar refractivity (Wildman–Crippen MR) is 108 cm³/mol. The Labute approximate surface area is 175 Å². The lowest BCUT2D eigenvalue weighted by Crippen LogP contribution is -2.42. The maximum absolute atomic E-state index is 12.7. The van der Waals surface area contributed by atoms with E-state index in [1.165, 1.54) is 15.6 Å². The van der Waals surface area contributed by atoms with E-state index < -0.39 is 10.0 Å². The number of ether oxygens (including phenoxy) is 2. The molecular formula is C18H19BrN2O5S2. The van der Waals surface area contributed by atoms with Gasteiger partial charge in [0.2, 0.25) is 12.7 Å². The Kier molecular flexibility index (Phi) is 5.64. The van der Waals surface area contributed by atoms with Gasteiger partial charge < -0.3 is 14.8 Å². The van der Waals surface area contributed by atoms with Crippen molar-refractivity contribution >= 4 is 43.2 Å². The molecule has 3 heterocycles. The van der Waals surface area contributed by atoms with Crippen molar-refractivity contribution < 1.29 is 22.7 Å². The molecule has 2 aliphatic rings. The van der Waals surface area contributed by atoms with Gasteiger partial charge in [-0.05, 0) is 57.9 Å². The third-order valence-corrected chi connectivity index (χ3v) is 9.43. The summed E-state index contributed by atoms with van der Waals surface area (Å²) in [6.45, 7) is 1.30. The standard InChI is InChI=1S/C18H19BrN2O5S2/c19-14-5-8-27-18(14)28(23,24)21-6-3-13(4-7-21)17(22)20-10-12-1-2-15-16(9-12)26-11-25-15/h1-2,5,8-9,13H,3-4,6-7,10-11H2,(H,20,22). The Balaban J connectivity index is 1.31. The van der Waals surface area contributed by atoms with Crippen LogP contribution in [0.1, 0.15) is 18.4 Å². The summed E-state index contributed by atoms with van der Waals surface area (Å²) in [6, 6.07) is 7.31. The first-order valence-corrected chi connectivity index (χ1v) is 12.0. The number of carbonyl (C=O) groups is 1. The fourth-order valence-electron chi connectivity index (χ4n) is 3.32. The lowest BCUT2D eigenvalue weighted by Gasteiger charge is -2.30. The van der Waals surface area contributed by atoms with Crippen LogP contribution in [-0.2, 0) is 21.4 Å².